The summed E-state index contributed by atoms with van der Waals surface area (Å²) in [5.41, 5.74) is 0. The minimum absolute atomic E-state index is 0.0811. The average molecular weight is 482 g/mol. The molecule has 0 aromatic heterocycles. The van der Waals surface area contributed by atoms with Crippen LogP contribution in [0.3, 0.4) is 0 Å². The summed E-state index contributed by atoms with van der Waals surface area (Å²) < 4.78 is 37.8. The fourth-order valence-electron chi connectivity index (χ4n) is 4.51. The number of benzene rings is 1. The van der Waals surface area contributed by atoms with Gasteiger partial charge in [-0.3, -0.25) is 9.59 Å². The van der Waals surface area contributed by atoms with Crippen LogP contribution in [0, 0.1) is 11.8 Å². The number of ether oxygens (including phenoxy) is 2. The molecule has 0 spiro atoms. The summed E-state index contributed by atoms with van der Waals surface area (Å²) in [5, 5.41) is 5.78. The Morgan fingerprint density at radius 3 is 1.97 bits per heavy atom. The number of carbonyl (C=O) groups excluding carboxylic acids is 2. The van der Waals surface area contributed by atoms with E-state index >= 15 is 0 Å². The molecule has 3 rings (SSSR count). The first-order valence-electron chi connectivity index (χ1n) is 11.6. The molecule has 1 saturated carbocycles. The van der Waals surface area contributed by atoms with Crippen LogP contribution in [0.1, 0.15) is 44.9 Å². The SMILES string of the molecule is COc1ccc(S(=O)(=O)N2CCC(C(=O)NCCNC(=O)C3CCCCC3)CC2)cc1OC. The molecule has 184 valence electrons. The topological polar surface area (TPSA) is 114 Å². The van der Waals surface area contributed by atoms with Gasteiger partial charge in [0.15, 0.2) is 11.5 Å². The Balaban J connectivity index is 1.44. The molecule has 1 heterocycles. The van der Waals surface area contributed by atoms with E-state index in [0.29, 0.717) is 37.4 Å². The number of rotatable bonds is 9. The zero-order valence-corrected chi connectivity index (χ0v) is 20.3. The lowest BCUT2D eigenvalue weighted by molar-refractivity contribution is -0.127. The maximum Gasteiger partial charge on any atom is 0.243 e. The van der Waals surface area contributed by atoms with E-state index in [9.17, 15) is 18.0 Å². The summed E-state index contributed by atoms with van der Waals surface area (Å²) in [4.78, 5) is 24.8. The summed E-state index contributed by atoms with van der Waals surface area (Å²) in [6, 6.07) is 4.52. The van der Waals surface area contributed by atoms with Gasteiger partial charge in [-0.1, -0.05) is 19.3 Å². The van der Waals surface area contributed by atoms with E-state index in [2.05, 4.69) is 10.6 Å². The average Bonchev–Trinajstić information content (AvgIpc) is 2.86. The number of methoxy groups -OCH3 is 2. The van der Waals surface area contributed by atoms with E-state index in [1.807, 2.05) is 0 Å². The van der Waals surface area contributed by atoms with Crippen LogP contribution in [0.4, 0.5) is 0 Å². The molecule has 0 atom stereocenters. The Bertz CT molecular complexity index is 922. The summed E-state index contributed by atoms with van der Waals surface area (Å²) >= 11 is 0. The summed E-state index contributed by atoms with van der Waals surface area (Å²) in [6.45, 7) is 1.33. The second-order valence-corrected chi connectivity index (χ2v) is 10.6. The van der Waals surface area contributed by atoms with Crippen molar-refractivity contribution in [3.63, 3.8) is 0 Å². The Labute approximate surface area is 196 Å². The van der Waals surface area contributed by atoms with Crippen molar-refractivity contribution in [1.29, 1.82) is 0 Å². The lowest BCUT2D eigenvalue weighted by atomic mass is 9.89. The summed E-state index contributed by atoms with van der Waals surface area (Å²) in [5.74, 6) is 0.662. The first kappa shape index (κ1) is 25.3. The van der Waals surface area contributed by atoms with Gasteiger partial charge in [0, 0.05) is 44.1 Å². The van der Waals surface area contributed by atoms with Gasteiger partial charge in [0.1, 0.15) is 0 Å². The Morgan fingerprint density at radius 1 is 0.879 bits per heavy atom. The van der Waals surface area contributed by atoms with Gasteiger partial charge in [-0.2, -0.15) is 4.31 Å². The molecule has 1 aromatic carbocycles. The highest BCUT2D eigenvalue weighted by molar-refractivity contribution is 7.89. The van der Waals surface area contributed by atoms with Crippen LogP contribution in [0.25, 0.3) is 0 Å². The van der Waals surface area contributed by atoms with Crippen molar-refractivity contribution in [2.75, 3.05) is 40.4 Å². The number of hydrogen-bond acceptors (Lipinski definition) is 6. The molecule has 2 N–H and O–H groups in total. The molecule has 0 radical (unpaired) electrons. The lowest BCUT2D eigenvalue weighted by Crippen LogP contribution is -2.44. The minimum Gasteiger partial charge on any atom is -0.493 e. The maximum atomic E-state index is 13.0. The van der Waals surface area contributed by atoms with Crippen molar-refractivity contribution in [3.05, 3.63) is 18.2 Å². The summed E-state index contributed by atoms with van der Waals surface area (Å²) in [6.07, 6.45) is 6.21. The number of sulfonamides is 1. The van der Waals surface area contributed by atoms with Crippen LogP contribution in [-0.4, -0.2) is 64.9 Å². The second kappa shape index (κ2) is 11.7. The Hall–Kier alpha value is -2.33. The highest BCUT2D eigenvalue weighted by Gasteiger charge is 2.32. The van der Waals surface area contributed by atoms with Crippen molar-refractivity contribution >= 4 is 21.8 Å². The van der Waals surface area contributed by atoms with Crippen LogP contribution < -0.4 is 20.1 Å². The van der Waals surface area contributed by atoms with E-state index in [1.165, 1.54) is 37.1 Å². The van der Waals surface area contributed by atoms with Gasteiger partial charge in [0.05, 0.1) is 19.1 Å². The molecule has 33 heavy (non-hydrogen) atoms. The predicted octanol–water partition coefficient (Wildman–Crippen LogP) is 1.92. The van der Waals surface area contributed by atoms with Crippen LogP contribution in [0.15, 0.2) is 23.1 Å². The number of piperidine rings is 1. The molecule has 2 fully saturated rings. The zero-order chi connectivity index (χ0) is 23.8. The normalized spacial score (nSPS) is 18.5. The molecule has 10 heteroatoms. The maximum absolute atomic E-state index is 13.0. The molecular formula is C23H35N3O6S. The van der Waals surface area contributed by atoms with Gasteiger partial charge < -0.3 is 20.1 Å². The highest BCUT2D eigenvalue weighted by Crippen LogP contribution is 2.32. The van der Waals surface area contributed by atoms with Gasteiger partial charge in [0.2, 0.25) is 21.8 Å². The van der Waals surface area contributed by atoms with Crippen molar-refractivity contribution in [2.24, 2.45) is 11.8 Å². The lowest BCUT2D eigenvalue weighted by Gasteiger charge is -2.30. The molecule has 0 unspecified atom stereocenters. The van der Waals surface area contributed by atoms with Gasteiger partial charge in [-0.25, -0.2) is 8.42 Å². The monoisotopic (exact) mass is 481 g/mol. The second-order valence-electron chi connectivity index (χ2n) is 8.61. The zero-order valence-electron chi connectivity index (χ0n) is 19.5. The van der Waals surface area contributed by atoms with Crippen molar-refractivity contribution in [2.45, 2.75) is 49.8 Å². The first-order chi connectivity index (χ1) is 15.9. The quantitative estimate of drug-likeness (QED) is 0.521. The standard InChI is InChI=1S/C23H35N3O6S/c1-31-20-9-8-19(16-21(20)32-2)33(29,30)26-14-10-18(11-15-26)23(28)25-13-12-24-22(27)17-6-4-3-5-7-17/h8-9,16-18H,3-7,10-15H2,1-2H3,(H,24,27)(H,25,28). The molecule has 0 bridgehead atoms. The van der Waals surface area contributed by atoms with Gasteiger partial charge in [-0.15, -0.1) is 0 Å². The number of nitrogens with one attached hydrogen (secondary N) is 2. The molecule has 9 nitrogen and oxygen atoms in total. The van der Waals surface area contributed by atoms with Gasteiger partial charge >= 0.3 is 0 Å². The first-order valence-corrected chi connectivity index (χ1v) is 13.1. The van der Waals surface area contributed by atoms with E-state index in [0.717, 1.165) is 25.7 Å². The Morgan fingerprint density at radius 2 is 1.42 bits per heavy atom. The summed E-state index contributed by atoms with van der Waals surface area (Å²) in [7, 11) is -0.741. The van der Waals surface area contributed by atoms with Gasteiger partial charge in [0.25, 0.3) is 0 Å². The van der Waals surface area contributed by atoms with Crippen LogP contribution >= 0.6 is 0 Å². The van der Waals surface area contributed by atoms with E-state index < -0.39 is 10.0 Å². The number of carbonyl (C=O) groups is 2. The predicted molar refractivity (Wildman–Crippen MR) is 124 cm³/mol. The van der Waals surface area contributed by atoms with E-state index in [4.69, 9.17) is 9.47 Å². The molecule has 1 saturated heterocycles. The van der Waals surface area contributed by atoms with Crippen LogP contribution in [0.2, 0.25) is 0 Å². The van der Waals surface area contributed by atoms with Crippen LogP contribution in [-0.2, 0) is 19.6 Å². The van der Waals surface area contributed by atoms with Crippen molar-refractivity contribution in [3.8, 4) is 11.5 Å². The Kier molecular flexibility index (Phi) is 8.96. The third-order valence-electron chi connectivity index (χ3n) is 6.52. The third-order valence-corrected chi connectivity index (χ3v) is 8.41. The van der Waals surface area contributed by atoms with Crippen molar-refractivity contribution < 1.29 is 27.5 Å². The highest BCUT2D eigenvalue weighted by atomic mass is 32.2. The fourth-order valence-corrected chi connectivity index (χ4v) is 5.99. The number of nitrogens with zero attached hydrogens (tertiary/aromatic N) is 1. The fraction of sp³-hybridized carbons (Fsp3) is 0.652. The number of hydrogen-bond donors (Lipinski definition) is 2. The van der Waals surface area contributed by atoms with Crippen LogP contribution in [0.5, 0.6) is 11.5 Å². The third kappa shape index (κ3) is 6.38. The van der Waals surface area contributed by atoms with E-state index in [1.54, 1.807) is 6.07 Å². The molecule has 1 aliphatic heterocycles. The van der Waals surface area contributed by atoms with E-state index in [-0.39, 0.29) is 41.6 Å². The van der Waals surface area contributed by atoms with Gasteiger partial charge in [-0.05, 0) is 37.8 Å². The largest absolute Gasteiger partial charge is 0.493 e. The molecular weight excluding hydrogens is 446 g/mol. The minimum atomic E-state index is -3.69. The van der Waals surface area contributed by atoms with Crippen molar-refractivity contribution in [1.82, 2.24) is 14.9 Å². The molecule has 2 amide bonds. The molecule has 2 aliphatic rings. The molecule has 1 aromatic rings. The molecule has 1 aliphatic carbocycles. The number of amides is 2. The smallest absolute Gasteiger partial charge is 0.243 e.